The van der Waals surface area contributed by atoms with Gasteiger partial charge in [0.15, 0.2) is 0 Å². The van der Waals surface area contributed by atoms with Crippen molar-refractivity contribution in [3.8, 4) is 0 Å². The van der Waals surface area contributed by atoms with E-state index >= 15 is 0 Å². The van der Waals surface area contributed by atoms with E-state index in [1.807, 2.05) is 12.1 Å². The Morgan fingerprint density at radius 2 is 1.92 bits per heavy atom. The zero-order valence-corrected chi connectivity index (χ0v) is 14.9. The van der Waals surface area contributed by atoms with Crippen LogP contribution in [0.3, 0.4) is 0 Å². The summed E-state index contributed by atoms with van der Waals surface area (Å²) in [4.78, 5) is 19.0. The number of aliphatic hydroxyl groups is 1. The third-order valence-corrected chi connectivity index (χ3v) is 6.41. The van der Waals surface area contributed by atoms with E-state index in [4.69, 9.17) is 0 Å². The molecule has 2 saturated heterocycles. The molecule has 0 spiro atoms. The maximum absolute atomic E-state index is 12.5. The van der Waals surface area contributed by atoms with Gasteiger partial charge in [-0.2, -0.15) is 0 Å². The molecule has 136 valence electrons. The van der Waals surface area contributed by atoms with Crippen LogP contribution in [0.15, 0.2) is 24.5 Å². The molecule has 3 heterocycles. The largest absolute Gasteiger partial charge is 0.385 e. The van der Waals surface area contributed by atoms with Crippen molar-refractivity contribution in [3.05, 3.63) is 30.1 Å². The molecule has 2 bridgehead atoms. The first-order valence-corrected chi connectivity index (χ1v) is 9.82. The minimum Gasteiger partial charge on any atom is -0.385 e. The standard InChI is InChI=1S/C20H29N3O2/c24-19(22-16-6-2-1-3-7-16)14-23-17-8-9-18(23)12-20(25,11-17)15-5-4-10-21-13-15/h4-5,10,13,16-18,25H,1-3,6-9,11-12,14H2,(H,22,24). The van der Waals surface area contributed by atoms with E-state index in [0.29, 0.717) is 37.5 Å². The van der Waals surface area contributed by atoms with Crippen molar-refractivity contribution in [2.75, 3.05) is 6.54 Å². The van der Waals surface area contributed by atoms with Crippen LogP contribution >= 0.6 is 0 Å². The molecule has 5 heteroatoms. The van der Waals surface area contributed by atoms with Gasteiger partial charge in [-0.05, 0) is 44.6 Å². The number of nitrogens with zero attached hydrogens (tertiary/aromatic N) is 2. The van der Waals surface area contributed by atoms with Gasteiger partial charge >= 0.3 is 0 Å². The SMILES string of the molecule is O=C(CN1C2CCC1CC(O)(c1cccnc1)C2)NC1CCCCC1. The Labute approximate surface area is 149 Å². The maximum Gasteiger partial charge on any atom is 0.234 e. The number of hydrogen-bond acceptors (Lipinski definition) is 4. The molecule has 0 radical (unpaired) electrons. The number of hydrogen-bond donors (Lipinski definition) is 2. The topological polar surface area (TPSA) is 65.5 Å². The molecule has 3 aliphatic rings. The van der Waals surface area contributed by atoms with E-state index in [2.05, 4.69) is 15.2 Å². The van der Waals surface area contributed by atoms with Gasteiger partial charge in [0.05, 0.1) is 12.1 Å². The average molecular weight is 343 g/mol. The first-order chi connectivity index (χ1) is 12.1. The summed E-state index contributed by atoms with van der Waals surface area (Å²) >= 11 is 0. The second kappa shape index (κ2) is 7.04. The number of pyridine rings is 1. The van der Waals surface area contributed by atoms with Crippen LogP contribution in [-0.2, 0) is 10.4 Å². The molecule has 1 aliphatic carbocycles. The van der Waals surface area contributed by atoms with Crippen LogP contribution in [0.1, 0.15) is 63.4 Å². The minimum atomic E-state index is -0.795. The molecule has 0 aromatic carbocycles. The predicted octanol–water partition coefficient (Wildman–Crippen LogP) is 2.34. The Morgan fingerprint density at radius 3 is 2.56 bits per heavy atom. The molecule has 1 aromatic heterocycles. The van der Waals surface area contributed by atoms with Gasteiger partial charge < -0.3 is 10.4 Å². The highest BCUT2D eigenvalue weighted by Gasteiger charge is 2.48. The summed E-state index contributed by atoms with van der Waals surface area (Å²) in [5, 5.41) is 14.4. The second-order valence-corrected chi connectivity index (χ2v) is 8.14. The van der Waals surface area contributed by atoms with Gasteiger partial charge in [0.25, 0.3) is 0 Å². The number of aromatic nitrogens is 1. The number of nitrogens with one attached hydrogen (secondary N) is 1. The molecule has 1 amide bonds. The molecule has 4 rings (SSSR count). The van der Waals surface area contributed by atoms with E-state index < -0.39 is 5.60 Å². The molecular weight excluding hydrogens is 314 g/mol. The molecule has 5 nitrogen and oxygen atoms in total. The van der Waals surface area contributed by atoms with Gasteiger partial charge in [-0.3, -0.25) is 14.7 Å². The maximum atomic E-state index is 12.5. The van der Waals surface area contributed by atoms with Crippen LogP contribution in [0.5, 0.6) is 0 Å². The molecule has 25 heavy (non-hydrogen) atoms. The zero-order valence-electron chi connectivity index (χ0n) is 14.9. The van der Waals surface area contributed by atoms with Crippen molar-refractivity contribution < 1.29 is 9.90 Å². The van der Waals surface area contributed by atoms with E-state index in [1.165, 1.54) is 19.3 Å². The number of fused-ring (bicyclic) bond motifs is 2. The highest BCUT2D eigenvalue weighted by molar-refractivity contribution is 5.78. The van der Waals surface area contributed by atoms with Gasteiger partial charge in [0.1, 0.15) is 0 Å². The Hall–Kier alpha value is -1.46. The van der Waals surface area contributed by atoms with E-state index in [9.17, 15) is 9.90 Å². The molecule has 1 aromatic rings. The van der Waals surface area contributed by atoms with Crippen molar-refractivity contribution in [1.82, 2.24) is 15.2 Å². The summed E-state index contributed by atoms with van der Waals surface area (Å²) in [5.74, 6) is 0.163. The smallest absolute Gasteiger partial charge is 0.234 e. The van der Waals surface area contributed by atoms with E-state index in [1.54, 1.807) is 12.4 Å². The van der Waals surface area contributed by atoms with E-state index in [-0.39, 0.29) is 5.91 Å². The molecule has 2 aliphatic heterocycles. The molecule has 2 unspecified atom stereocenters. The predicted molar refractivity (Wildman–Crippen MR) is 95.9 cm³/mol. The summed E-state index contributed by atoms with van der Waals surface area (Å²) in [6, 6.07) is 4.81. The van der Waals surface area contributed by atoms with Crippen LogP contribution in [-0.4, -0.2) is 45.6 Å². The molecule has 2 N–H and O–H groups in total. The Kier molecular flexibility index (Phi) is 4.78. The summed E-state index contributed by atoms with van der Waals surface area (Å²) in [6.45, 7) is 0.481. The fourth-order valence-electron chi connectivity index (χ4n) is 5.13. The van der Waals surface area contributed by atoms with Crippen molar-refractivity contribution >= 4 is 5.91 Å². The van der Waals surface area contributed by atoms with Crippen LogP contribution < -0.4 is 5.32 Å². The van der Waals surface area contributed by atoms with Crippen molar-refractivity contribution in [2.45, 2.75) is 81.5 Å². The molecule has 3 fully saturated rings. The minimum absolute atomic E-state index is 0.163. The van der Waals surface area contributed by atoms with Crippen LogP contribution in [0.2, 0.25) is 0 Å². The van der Waals surface area contributed by atoms with Crippen molar-refractivity contribution in [2.24, 2.45) is 0 Å². The third kappa shape index (κ3) is 3.58. The Balaban J connectivity index is 1.38. The number of amides is 1. The van der Waals surface area contributed by atoms with Gasteiger partial charge in [0.2, 0.25) is 5.91 Å². The summed E-state index contributed by atoms with van der Waals surface area (Å²) in [5.41, 5.74) is 0.120. The van der Waals surface area contributed by atoms with Crippen molar-refractivity contribution in [1.29, 1.82) is 0 Å². The summed E-state index contributed by atoms with van der Waals surface area (Å²) in [7, 11) is 0. The normalized spacial score (nSPS) is 33.3. The second-order valence-electron chi connectivity index (χ2n) is 8.14. The van der Waals surface area contributed by atoms with Crippen LogP contribution in [0, 0.1) is 0 Å². The van der Waals surface area contributed by atoms with Gasteiger partial charge in [-0.25, -0.2) is 0 Å². The van der Waals surface area contributed by atoms with Crippen molar-refractivity contribution in [3.63, 3.8) is 0 Å². The first-order valence-electron chi connectivity index (χ1n) is 9.82. The van der Waals surface area contributed by atoms with Gasteiger partial charge in [-0.15, -0.1) is 0 Å². The third-order valence-electron chi connectivity index (χ3n) is 6.41. The van der Waals surface area contributed by atoms with Gasteiger partial charge in [0, 0.05) is 36.1 Å². The lowest BCUT2D eigenvalue weighted by Crippen LogP contribution is -2.53. The Bertz CT molecular complexity index is 586. The van der Waals surface area contributed by atoms with E-state index in [0.717, 1.165) is 31.2 Å². The molecular formula is C20H29N3O2. The lowest BCUT2D eigenvalue weighted by molar-refractivity contribution is -0.126. The fraction of sp³-hybridized carbons (Fsp3) is 0.700. The average Bonchev–Trinajstić information content (AvgIpc) is 2.87. The first kappa shape index (κ1) is 17.0. The molecule has 2 atom stereocenters. The number of piperidine rings is 1. The number of carbonyl (C=O) groups is 1. The molecule has 1 saturated carbocycles. The van der Waals surface area contributed by atoms with Crippen LogP contribution in [0.4, 0.5) is 0 Å². The monoisotopic (exact) mass is 343 g/mol. The highest BCUT2D eigenvalue weighted by Crippen LogP contribution is 2.45. The highest BCUT2D eigenvalue weighted by atomic mass is 16.3. The lowest BCUT2D eigenvalue weighted by Gasteiger charge is -2.43. The van der Waals surface area contributed by atoms with Gasteiger partial charge in [-0.1, -0.05) is 25.3 Å². The number of carbonyl (C=O) groups excluding carboxylic acids is 1. The Morgan fingerprint density at radius 1 is 1.20 bits per heavy atom. The fourth-order valence-corrected chi connectivity index (χ4v) is 5.13. The zero-order chi connectivity index (χ0) is 17.3. The van der Waals surface area contributed by atoms with Crippen LogP contribution in [0.25, 0.3) is 0 Å². The summed E-state index contributed by atoms with van der Waals surface area (Å²) in [6.07, 6.45) is 13.1. The lowest BCUT2D eigenvalue weighted by atomic mass is 9.81. The summed E-state index contributed by atoms with van der Waals surface area (Å²) < 4.78 is 0. The quantitative estimate of drug-likeness (QED) is 0.881. The number of rotatable bonds is 4.